The van der Waals surface area contributed by atoms with Crippen LogP contribution in [0.3, 0.4) is 0 Å². The number of carbonyl (C=O) groups excluding carboxylic acids is 2. The van der Waals surface area contributed by atoms with Crippen LogP contribution in [-0.4, -0.2) is 50.5 Å². The van der Waals surface area contributed by atoms with Crippen LogP contribution >= 0.6 is 11.6 Å². The molecule has 2 amide bonds. The average Bonchev–Trinajstić information content (AvgIpc) is 2.70. The molecule has 1 saturated heterocycles. The van der Waals surface area contributed by atoms with Gasteiger partial charge in [-0.25, -0.2) is 12.7 Å². The third kappa shape index (κ3) is 5.83. The zero-order valence-corrected chi connectivity index (χ0v) is 17.6. The average molecular weight is 432 g/mol. The number of carbonyl (C=O) groups is 2. The van der Waals surface area contributed by atoms with Gasteiger partial charge in [0.25, 0.3) is 5.91 Å². The van der Waals surface area contributed by atoms with Crippen molar-refractivity contribution >= 4 is 33.4 Å². The minimum Gasteiger partial charge on any atom is -0.496 e. The number of piperidine rings is 1. The van der Waals surface area contributed by atoms with Gasteiger partial charge in [-0.2, -0.15) is 0 Å². The number of hydrogen-bond donors (Lipinski definition) is 2. The minimum absolute atomic E-state index is 0.138. The first-order chi connectivity index (χ1) is 13.3. The first kappa shape index (κ1) is 22.4. The SMILES string of the molecule is CCCCS(=O)(=O)N1CCC(C(=O)NNC(=O)c2ccc(Cl)cc2OC)CC1. The number of nitrogens with zero attached hydrogens (tertiary/aromatic N) is 1. The third-order valence-electron chi connectivity index (χ3n) is 4.68. The third-order valence-corrected chi connectivity index (χ3v) is 6.87. The second-order valence-corrected chi connectivity index (χ2v) is 9.16. The van der Waals surface area contributed by atoms with Gasteiger partial charge in [0, 0.05) is 24.0 Å². The lowest BCUT2D eigenvalue weighted by Crippen LogP contribution is -2.48. The highest BCUT2D eigenvalue weighted by atomic mass is 35.5. The van der Waals surface area contributed by atoms with Crippen molar-refractivity contribution in [2.75, 3.05) is 26.0 Å². The van der Waals surface area contributed by atoms with E-state index in [0.29, 0.717) is 43.1 Å². The normalized spacial score (nSPS) is 15.8. The van der Waals surface area contributed by atoms with E-state index in [1.54, 1.807) is 6.07 Å². The summed E-state index contributed by atoms with van der Waals surface area (Å²) in [6.45, 7) is 2.56. The number of rotatable bonds is 7. The molecule has 1 fully saturated rings. The van der Waals surface area contributed by atoms with Gasteiger partial charge in [0.2, 0.25) is 15.9 Å². The number of unbranched alkanes of at least 4 members (excludes halogenated alkanes) is 1. The van der Waals surface area contributed by atoms with Crippen molar-refractivity contribution in [1.29, 1.82) is 0 Å². The van der Waals surface area contributed by atoms with E-state index < -0.39 is 15.9 Å². The molecule has 28 heavy (non-hydrogen) atoms. The lowest BCUT2D eigenvalue weighted by molar-refractivity contribution is -0.126. The molecule has 1 heterocycles. The van der Waals surface area contributed by atoms with E-state index in [1.807, 2.05) is 6.92 Å². The summed E-state index contributed by atoms with van der Waals surface area (Å²) in [7, 11) is -1.84. The van der Waals surface area contributed by atoms with Gasteiger partial charge in [0.1, 0.15) is 5.75 Å². The summed E-state index contributed by atoms with van der Waals surface area (Å²) in [5, 5.41) is 0.429. The summed E-state index contributed by atoms with van der Waals surface area (Å²) in [6.07, 6.45) is 2.27. The molecule has 0 saturated carbocycles. The lowest BCUT2D eigenvalue weighted by Gasteiger charge is -2.30. The van der Waals surface area contributed by atoms with Crippen LogP contribution in [0.2, 0.25) is 5.02 Å². The summed E-state index contributed by atoms with van der Waals surface area (Å²) >= 11 is 5.87. The van der Waals surface area contributed by atoms with Crippen molar-refractivity contribution in [3.8, 4) is 5.75 Å². The van der Waals surface area contributed by atoms with Gasteiger partial charge in [-0.15, -0.1) is 0 Å². The van der Waals surface area contributed by atoms with Gasteiger partial charge in [-0.1, -0.05) is 24.9 Å². The first-order valence-corrected chi connectivity index (χ1v) is 11.2. The van der Waals surface area contributed by atoms with Crippen LogP contribution in [0.1, 0.15) is 43.0 Å². The van der Waals surface area contributed by atoms with E-state index in [1.165, 1.54) is 23.5 Å². The second kappa shape index (κ2) is 10.1. The topological polar surface area (TPSA) is 105 Å². The van der Waals surface area contributed by atoms with Gasteiger partial charge in [0.15, 0.2) is 0 Å². The van der Waals surface area contributed by atoms with Crippen molar-refractivity contribution in [2.45, 2.75) is 32.6 Å². The Labute approximate surface area is 170 Å². The monoisotopic (exact) mass is 431 g/mol. The molecule has 0 unspecified atom stereocenters. The molecule has 1 aliphatic rings. The highest BCUT2D eigenvalue weighted by molar-refractivity contribution is 7.89. The van der Waals surface area contributed by atoms with Crippen LogP contribution in [0.4, 0.5) is 0 Å². The number of sulfonamides is 1. The Balaban J connectivity index is 1.86. The summed E-state index contributed by atoms with van der Waals surface area (Å²) in [5.41, 5.74) is 5.02. The molecule has 10 heteroatoms. The number of nitrogens with one attached hydrogen (secondary N) is 2. The number of amides is 2. The van der Waals surface area contributed by atoms with Crippen LogP contribution in [0.15, 0.2) is 18.2 Å². The maximum Gasteiger partial charge on any atom is 0.273 e. The highest BCUT2D eigenvalue weighted by Gasteiger charge is 2.31. The van der Waals surface area contributed by atoms with E-state index in [4.69, 9.17) is 16.3 Å². The number of hydrazine groups is 1. The van der Waals surface area contributed by atoms with E-state index >= 15 is 0 Å². The predicted molar refractivity (Wildman–Crippen MR) is 107 cm³/mol. The molecule has 1 aromatic carbocycles. The molecule has 0 spiro atoms. The molecular weight excluding hydrogens is 406 g/mol. The van der Waals surface area contributed by atoms with Crippen LogP contribution in [-0.2, 0) is 14.8 Å². The van der Waals surface area contributed by atoms with Gasteiger partial charge < -0.3 is 4.74 Å². The molecule has 0 radical (unpaired) electrons. The minimum atomic E-state index is -3.26. The number of ether oxygens (including phenoxy) is 1. The van der Waals surface area contributed by atoms with Crippen molar-refractivity contribution < 1.29 is 22.7 Å². The number of methoxy groups -OCH3 is 1. The largest absolute Gasteiger partial charge is 0.496 e. The predicted octanol–water partition coefficient (Wildman–Crippen LogP) is 1.95. The van der Waals surface area contributed by atoms with Crippen molar-refractivity contribution in [3.05, 3.63) is 28.8 Å². The fourth-order valence-corrected chi connectivity index (χ4v) is 4.83. The standard InChI is InChI=1S/C18H26ClN3O5S/c1-3-4-11-28(25,26)22-9-7-13(8-10-22)17(23)20-21-18(24)15-6-5-14(19)12-16(15)27-2/h5-6,12-13H,3-4,7-11H2,1-2H3,(H,20,23)(H,21,24). The Kier molecular flexibility index (Phi) is 8.09. The number of benzene rings is 1. The Morgan fingerprint density at radius 2 is 1.93 bits per heavy atom. The van der Waals surface area contributed by atoms with E-state index in [9.17, 15) is 18.0 Å². The molecule has 0 aromatic heterocycles. The highest BCUT2D eigenvalue weighted by Crippen LogP contribution is 2.23. The quantitative estimate of drug-likeness (QED) is 0.642. The van der Waals surface area contributed by atoms with Crippen molar-refractivity contribution in [3.63, 3.8) is 0 Å². The summed E-state index contributed by atoms with van der Waals surface area (Å²) in [4.78, 5) is 24.6. The summed E-state index contributed by atoms with van der Waals surface area (Å²) in [5.74, 6) is -0.789. The molecule has 156 valence electrons. The van der Waals surface area contributed by atoms with Crippen LogP contribution in [0.5, 0.6) is 5.75 Å². The van der Waals surface area contributed by atoms with Gasteiger partial charge in [-0.05, 0) is 37.5 Å². The Bertz CT molecular complexity index is 807. The van der Waals surface area contributed by atoms with Gasteiger partial charge in [0.05, 0.1) is 18.4 Å². The number of halogens is 1. The summed E-state index contributed by atoms with van der Waals surface area (Å²) in [6, 6.07) is 4.56. The molecule has 2 N–H and O–H groups in total. The Hall–Kier alpha value is -1.84. The molecule has 2 rings (SSSR count). The van der Waals surface area contributed by atoms with Crippen LogP contribution in [0.25, 0.3) is 0 Å². The van der Waals surface area contributed by atoms with Crippen molar-refractivity contribution in [2.24, 2.45) is 5.92 Å². The van der Waals surface area contributed by atoms with Gasteiger partial charge >= 0.3 is 0 Å². The maximum atomic E-state index is 12.3. The number of hydrogen-bond acceptors (Lipinski definition) is 5. The molecule has 8 nitrogen and oxygen atoms in total. The zero-order chi connectivity index (χ0) is 20.7. The molecule has 0 atom stereocenters. The van der Waals surface area contributed by atoms with Crippen molar-refractivity contribution in [1.82, 2.24) is 15.2 Å². The smallest absolute Gasteiger partial charge is 0.273 e. The maximum absolute atomic E-state index is 12.3. The second-order valence-electron chi connectivity index (χ2n) is 6.63. The van der Waals surface area contributed by atoms with Crippen LogP contribution in [0, 0.1) is 5.92 Å². The van der Waals surface area contributed by atoms with E-state index in [0.717, 1.165) is 6.42 Å². The lowest BCUT2D eigenvalue weighted by atomic mass is 9.98. The first-order valence-electron chi connectivity index (χ1n) is 9.20. The van der Waals surface area contributed by atoms with E-state index in [-0.39, 0.29) is 23.1 Å². The Morgan fingerprint density at radius 3 is 2.54 bits per heavy atom. The fraction of sp³-hybridized carbons (Fsp3) is 0.556. The van der Waals surface area contributed by atoms with Crippen LogP contribution < -0.4 is 15.6 Å². The molecule has 0 bridgehead atoms. The zero-order valence-electron chi connectivity index (χ0n) is 16.0. The molecule has 0 aliphatic carbocycles. The fourth-order valence-electron chi connectivity index (χ4n) is 2.99. The molecule has 1 aliphatic heterocycles. The Morgan fingerprint density at radius 1 is 1.25 bits per heavy atom. The molecule has 1 aromatic rings. The summed E-state index contributed by atoms with van der Waals surface area (Å²) < 4.78 is 31.0. The van der Waals surface area contributed by atoms with E-state index in [2.05, 4.69) is 10.9 Å². The molecular formula is C18H26ClN3O5S. The van der Waals surface area contributed by atoms with Gasteiger partial charge in [-0.3, -0.25) is 20.4 Å².